The summed E-state index contributed by atoms with van der Waals surface area (Å²) in [6.45, 7) is 3.96. The van der Waals surface area contributed by atoms with Crippen LogP contribution in [0.1, 0.15) is 37.2 Å². The van der Waals surface area contributed by atoms with Gasteiger partial charge in [-0.2, -0.15) is 5.10 Å². The molecule has 4 heterocycles. The first-order valence-corrected chi connectivity index (χ1v) is 8.82. The van der Waals surface area contributed by atoms with Gasteiger partial charge in [0, 0.05) is 48.9 Å². The molecule has 7 heteroatoms. The Bertz CT molecular complexity index is 882. The number of amides is 1. The molecule has 25 heavy (non-hydrogen) atoms. The first-order chi connectivity index (χ1) is 12.2. The standard InChI is InChI=1S/C18H22N6O/c1-2-16-19-7-9-23(16)12-17(25)24-8-3-4-14(11-24)15-6-5-13-10-20-22-18(13)21-15/h5-7,9-10,14H,2-4,8,11-12H2,1H3,(H,20,21,22)/t14-/m1/s1. The van der Waals surface area contributed by atoms with E-state index in [1.165, 1.54) is 0 Å². The van der Waals surface area contributed by atoms with Crippen LogP contribution < -0.4 is 0 Å². The number of hydrogen-bond donors (Lipinski definition) is 1. The number of nitrogens with zero attached hydrogens (tertiary/aromatic N) is 5. The minimum atomic E-state index is 0.153. The van der Waals surface area contributed by atoms with Crippen molar-refractivity contribution in [2.24, 2.45) is 0 Å². The zero-order chi connectivity index (χ0) is 17.2. The number of pyridine rings is 1. The summed E-state index contributed by atoms with van der Waals surface area (Å²) in [5.74, 6) is 1.38. The van der Waals surface area contributed by atoms with Crippen LogP contribution in [-0.2, 0) is 17.8 Å². The summed E-state index contributed by atoms with van der Waals surface area (Å²) in [5, 5.41) is 7.97. The quantitative estimate of drug-likeness (QED) is 0.790. The maximum atomic E-state index is 12.7. The van der Waals surface area contributed by atoms with Crippen LogP contribution in [0.4, 0.5) is 0 Å². The molecule has 4 rings (SSSR count). The number of aromatic nitrogens is 5. The maximum Gasteiger partial charge on any atom is 0.242 e. The monoisotopic (exact) mass is 338 g/mol. The van der Waals surface area contributed by atoms with Crippen molar-refractivity contribution in [2.45, 2.75) is 38.6 Å². The highest BCUT2D eigenvalue weighted by molar-refractivity contribution is 5.76. The van der Waals surface area contributed by atoms with Gasteiger partial charge >= 0.3 is 0 Å². The fraction of sp³-hybridized carbons (Fsp3) is 0.444. The van der Waals surface area contributed by atoms with Crippen LogP contribution in [-0.4, -0.2) is 48.6 Å². The topological polar surface area (TPSA) is 79.7 Å². The molecular weight excluding hydrogens is 316 g/mol. The van der Waals surface area contributed by atoms with Crippen LogP contribution in [0.15, 0.2) is 30.7 Å². The van der Waals surface area contributed by atoms with Crippen LogP contribution in [0.25, 0.3) is 11.0 Å². The molecular formula is C18H22N6O. The number of H-pyrrole nitrogens is 1. The molecule has 3 aromatic heterocycles. The van der Waals surface area contributed by atoms with E-state index in [1.54, 1.807) is 12.4 Å². The SMILES string of the molecule is CCc1nccn1CC(=O)N1CCC[C@@H](c2ccc3cn[nH]c3n2)C1. The van der Waals surface area contributed by atoms with E-state index < -0.39 is 0 Å². The Morgan fingerprint density at radius 1 is 1.40 bits per heavy atom. The lowest BCUT2D eigenvalue weighted by molar-refractivity contribution is -0.133. The van der Waals surface area contributed by atoms with Crippen molar-refractivity contribution in [1.82, 2.24) is 29.6 Å². The molecule has 0 spiro atoms. The lowest BCUT2D eigenvalue weighted by atomic mass is 9.94. The Hall–Kier alpha value is -2.70. The fourth-order valence-electron chi connectivity index (χ4n) is 3.56. The Kier molecular flexibility index (Phi) is 4.21. The van der Waals surface area contributed by atoms with Gasteiger partial charge < -0.3 is 9.47 Å². The lowest BCUT2D eigenvalue weighted by Crippen LogP contribution is -2.41. The third kappa shape index (κ3) is 3.14. The molecule has 7 nitrogen and oxygen atoms in total. The highest BCUT2D eigenvalue weighted by Crippen LogP contribution is 2.27. The second-order valence-corrected chi connectivity index (χ2v) is 6.55. The average Bonchev–Trinajstić information content (AvgIpc) is 3.29. The largest absolute Gasteiger partial charge is 0.340 e. The van der Waals surface area contributed by atoms with Gasteiger partial charge in [-0.25, -0.2) is 9.97 Å². The van der Waals surface area contributed by atoms with Gasteiger partial charge in [-0.1, -0.05) is 6.92 Å². The van der Waals surface area contributed by atoms with Gasteiger partial charge in [0.2, 0.25) is 5.91 Å². The Balaban J connectivity index is 1.47. The number of hydrogen-bond acceptors (Lipinski definition) is 4. The van der Waals surface area contributed by atoms with Gasteiger partial charge in [0.25, 0.3) is 0 Å². The van der Waals surface area contributed by atoms with E-state index in [0.717, 1.165) is 54.9 Å². The third-order valence-corrected chi connectivity index (χ3v) is 4.94. The van der Waals surface area contributed by atoms with Gasteiger partial charge in [-0.3, -0.25) is 9.89 Å². The summed E-state index contributed by atoms with van der Waals surface area (Å²) >= 11 is 0. The number of carbonyl (C=O) groups excluding carboxylic acids is 1. The lowest BCUT2D eigenvalue weighted by Gasteiger charge is -2.32. The third-order valence-electron chi connectivity index (χ3n) is 4.94. The molecule has 0 aliphatic carbocycles. The van der Waals surface area contributed by atoms with E-state index in [1.807, 2.05) is 21.7 Å². The Labute approximate surface area is 146 Å². The minimum absolute atomic E-state index is 0.153. The van der Waals surface area contributed by atoms with E-state index in [-0.39, 0.29) is 11.8 Å². The zero-order valence-electron chi connectivity index (χ0n) is 14.4. The second kappa shape index (κ2) is 6.66. The molecule has 1 saturated heterocycles. The summed E-state index contributed by atoms with van der Waals surface area (Å²) in [6, 6.07) is 4.10. The van der Waals surface area contributed by atoms with Gasteiger partial charge in [-0.15, -0.1) is 0 Å². The van der Waals surface area contributed by atoms with Crippen LogP contribution in [0.5, 0.6) is 0 Å². The summed E-state index contributed by atoms with van der Waals surface area (Å²) in [5.41, 5.74) is 1.85. The maximum absolute atomic E-state index is 12.7. The summed E-state index contributed by atoms with van der Waals surface area (Å²) in [7, 11) is 0. The molecule has 1 amide bonds. The van der Waals surface area contributed by atoms with E-state index in [2.05, 4.69) is 33.2 Å². The molecule has 0 aromatic carbocycles. The van der Waals surface area contributed by atoms with Crippen molar-refractivity contribution in [3.8, 4) is 0 Å². The van der Waals surface area contributed by atoms with Crippen molar-refractivity contribution >= 4 is 16.9 Å². The molecule has 0 saturated carbocycles. The molecule has 130 valence electrons. The second-order valence-electron chi connectivity index (χ2n) is 6.55. The van der Waals surface area contributed by atoms with E-state index in [0.29, 0.717) is 6.54 Å². The number of aryl methyl sites for hydroxylation is 1. The van der Waals surface area contributed by atoms with Gasteiger partial charge in [0.1, 0.15) is 12.4 Å². The van der Waals surface area contributed by atoms with Crippen molar-refractivity contribution in [1.29, 1.82) is 0 Å². The fourth-order valence-corrected chi connectivity index (χ4v) is 3.56. The molecule has 1 atom stereocenters. The number of nitrogens with one attached hydrogen (secondary N) is 1. The molecule has 1 fully saturated rings. The predicted molar refractivity (Wildman–Crippen MR) is 94.0 cm³/mol. The number of imidazole rings is 1. The summed E-state index contributed by atoms with van der Waals surface area (Å²) in [6.07, 6.45) is 8.31. The van der Waals surface area contributed by atoms with Crippen LogP contribution >= 0.6 is 0 Å². The van der Waals surface area contributed by atoms with Crippen LogP contribution in [0.2, 0.25) is 0 Å². The summed E-state index contributed by atoms with van der Waals surface area (Å²) < 4.78 is 1.95. The molecule has 1 aliphatic heterocycles. The number of piperidine rings is 1. The minimum Gasteiger partial charge on any atom is -0.340 e. The average molecular weight is 338 g/mol. The van der Waals surface area contributed by atoms with Crippen LogP contribution in [0, 0.1) is 0 Å². The zero-order valence-corrected chi connectivity index (χ0v) is 14.4. The van der Waals surface area contributed by atoms with Gasteiger partial charge in [0.05, 0.1) is 6.20 Å². The molecule has 0 radical (unpaired) electrons. The first-order valence-electron chi connectivity index (χ1n) is 8.82. The molecule has 1 aliphatic rings. The number of rotatable bonds is 4. The van der Waals surface area contributed by atoms with Crippen LogP contribution in [0.3, 0.4) is 0 Å². The summed E-state index contributed by atoms with van der Waals surface area (Å²) in [4.78, 5) is 23.7. The van der Waals surface area contributed by atoms with E-state index in [4.69, 9.17) is 0 Å². The molecule has 0 unspecified atom stereocenters. The number of aromatic amines is 1. The smallest absolute Gasteiger partial charge is 0.242 e. The Morgan fingerprint density at radius 2 is 2.32 bits per heavy atom. The van der Waals surface area contributed by atoms with E-state index in [9.17, 15) is 4.79 Å². The Morgan fingerprint density at radius 3 is 3.20 bits per heavy atom. The highest BCUT2D eigenvalue weighted by atomic mass is 16.2. The number of fused-ring (bicyclic) bond motifs is 1. The van der Waals surface area contributed by atoms with Crippen molar-refractivity contribution in [3.05, 3.63) is 42.2 Å². The highest BCUT2D eigenvalue weighted by Gasteiger charge is 2.26. The molecule has 0 bridgehead atoms. The van der Waals surface area contributed by atoms with E-state index >= 15 is 0 Å². The van der Waals surface area contributed by atoms with Gasteiger partial charge in [-0.05, 0) is 25.0 Å². The number of carbonyl (C=O) groups is 1. The molecule has 3 aromatic rings. The van der Waals surface area contributed by atoms with Crippen molar-refractivity contribution < 1.29 is 4.79 Å². The predicted octanol–water partition coefficient (Wildman–Crippen LogP) is 2.12. The van der Waals surface area contributed by atoms with Gasteiger partial charge in [0.15, 0.2) is 5.65 Å². The first kappa shape index (κ1) is 15.8. The number of likely N-dealkylation sites (tertiary alicyclic amines) is 1. The molecule has 1 N–H and O–H groups in total. The van der Waals surface area contributed by atoms with Crippen molar-refractivity contribution in [2.75, 3.05) is 13.1 Å². The van der Waals surface area contributed by atoms with Crippen molar-refractivity contribution in [3.63, 3.8) is 0 Å². The normalized spacial score (nSPS) is 18.0.